The smallest absolute Gasteiger partial charge is 0.288 e. The van der Waals surface area contributed by atoms with Crippen LogP contribution in [0, 0.1) is 21.4 Å². The van der Waals surface area contributed by atoms with Crippen molar-refractivity contribution in [1.82, 2.24) is 4.90 Å². The first-order valence-electron chi connectivity index (χ1n) is 10.0. The third-order valence-electron chi connectivity index (χ3n) is 5.81. The van der Waals surface area contributed by atoms with Gasteiger partial charge in [-0.1, -0.05) is 54.1 Å². The van der Waals surface area contributed by atoms with Crippen molar-refractivity contribution >= 4 is 39.9 Å². The van der Waals surface area contributed by atoms with Gasteiger partial charge in [0.25, 0.3) is 5.69 Å². The summed E-state index contributed by atoms with van der Waals surface area (Å²) in [4.78, 5) is 36.9. The minimum atomic E-state index is -0.810. The SMILES string of the molecule is N#CC1=C(N2C(=O)CCC2=O)Oc2c(ccc3ccccc23)C1c1ccc(Cl)c([N+](=O)[O-])c1. The van der Waals surface area contributed by atoms with Crippen LogP contribution in [0.15, 0.2) is 66.1 Å². The van der Waals surface area contributed by atoms with E-state index in [4.69, 9.17) is 16.3 Å². The van der Waals surface area contributed by atoms with E-state index in [1.807, 2.05) is 30.3 Å². The van der Waals surface area contributed by atoms with Gasteiger partial charge in [-0.2, -0.15) is 5.26 Å². The lowest BCUT2D eigenvalue weighted by Crippen LogP contribution is -2.35. The molecule has 9 heteroatoms. The van der Waals surface area contributed by atoms with E-state index in [-0.39, 0.29) is 35.0 Å². The first kappa shape index (κ1) is 20.7. The van der Waals surface area contributed by atoms with Crippen LogP contribution in [0.4, 0.5) is 5.69 Å². The lowest BCUT2D eigenvalue weighted by molar-refractivity contribution is -0.384. The molecule has 2 heterocycles. The molecule has 2 aliphatic heterocycles. The van der Waals surface area contributed by atoms with Crippen LogP contribution in [-0.2, 0) is 9.59 Å². The molecule has 2 aliphatic rings. The first-order chi connectivity index (χ1) is 15.9. The molecule has 8 nitrogen and oxygen atoms in total. The number of carbonyl (C=O) groups excluding carboxylic acids is 2. The van der Waals surface area contributed by atoms with E-state index in [1.54, 1.807) is 12.1 Å². The van der Waals surface area contributed by atoms with E-state index >= 15 is 0 Å². The number of hydrogen-bond donors (Lipinski definition) is 0. The summed E-state index contributed by atoms with van der Waals surface area (Å²) in [5.74, 6) is -1.51. The summed E-state index contributed by atoms with van der Waals surface area (Å²) < 4.78 is 6.11. The van der Waals surface area contributed by atoms with Crippen LogP contribution < -0.4 is 4.74 Å². The van der Waals surface area contributed by atoms with Gasteiger partial charge in [0, 0.05) is 29.9 Å². The Labute approximate surface area is 192 Å². The molecule has 5 rings (SSSR count). The highest BCUT2D eigenvalue weighted by Gasteiger charge is 2.41. The second-order valence-electron chi connectivity index (χ2n) is 7.66. The van der Waals surface area contributed by atoms with Gasteiger partial charge in [0.2, 0.25) is 17.7 Å². The summed E-state index contributed by atoms with van der Waals surface area (Å²) in [7, 11) is 0. The maximum absolute atomic E-state index is 12.5. The van der Waals surface area contributed by atoms with E-state index in [2.05, 4.69) is 6.07 Å². The number of likely N-dealkylation sites (tertiary alicyclic amines) is 1. The predicted molar refractivity (Wildman–Crippen MR) is 118 cm³/mol. The molecule has 0 radical (unpaired) electrons. The fourth-order valence-electron chi connectivity index (χ4n) is 4.31. The second kappa shape index (κ2) is 7.73. The maximum atomic E-state index is 12.5. The standard InChI is InChI=1S/C24H14ClN3O5/c25-18-8-6-14(11-19(18)28(31)32)22-16-7-5-13-3-1-2-4-15(13)23(16)33-24(17(22)12-26)27-20(29)9-10-21(27)30/h1-8,11,22H,9-10H2. The Morgan fingerprint density at radius 2 is 1.82 bits per heavy atom. The molecule has 0 aromatic heterocycles. The number of hydrogen-bond acceptors (Lipinski definition) is 6. The number of nitro benzene ring substituents is 1. The Morgan fingerprint density at radius 3 is 2.52 bits per heavy atom. The number of fused-ring (bicyclic) bond motifs is 3. The summed E-state index contributed by atoms with van der Waals surface area (Å²) in [6.07, 6.45) is 0.0355. The fourth-order valence-corrected chi connectivity index (χ4v) is 4.50. The molecule has 2 amide bonds. The molecule has 1 fully saturated rings. The van der Waals surface area contributed by atoms with Crippen LogP contribution in [-0.4, -0.2) is 21.6 Å². The zero-order chi connectivity index (χ0) is 23.3. The minimum Gasteiger partial charge on any atom is -0.438 e. The molecule has 0 aliphatic carbocycles. The van der Waals surface area contributed by atoms with Gasteiger partial charge in [0.05, 0.1) is 10.8 Å². The highest BCUT2D eigenvalue weighted by Crippen LogP contribution is 2.48. The number of benzene rings is 3. The van der Waals surface area contributed by atoms with Crippen LogP contribution in [0.25, 0.3) is 10.8 Å². The summed E-state index contributed by atoms with van der Waals surface area (Å²) in [6, 6.07) is 17.4. The van der Waals surface area contributed by atoms with Gasteiger partial charge in [-0.25, -0.2) is 4.90 Å². The summed E-state index contributed by atoms with van der Waals surface area (Å²) in [5, 5.41) is 23.1. The third kappa shape index (κ3) is 3.22. The van der Waals surface area contributed by atoms with Gasteiger partial charge in [0.15, 0.2) is 0 Å². The largest absolute Gasteiger partial charge is 0.438 e. The van der Waals surface area contributed by atoms with Crippen LogP contribution in [0.3, 0.4) is 0 Å². The summed E-state index contributed by atoms with van der Waals surface area (Å²) >= 11 is 6.01. The van der Waals surface area contributed by atoms with Crippen molar-refractivity contribution in [2.45, 2.75) is 18.8 Å². The van der Waals surface area contributed by atoms with Crippen molar-refractivity contribution in [3.8, 4) is 11.8 Å². The molecule has 3 aromatic rings. The Balaban J connectivity index is 1.82. The lowest BCUT2D eigenvalue weighted by Gasteiger charge is -2.31. The predicted octanol–water partition coefficient (Wildman–Crippen LogP) is 4.81. The number of rotatable bonds is 3. The van der Waals surface area contributed by atoms with Crippen molar-refractivity contribution in [2.24, 2.45) is 0 Å². The molecule has 33 heavy (non-hydrogen) atoms. The van der Waals surface area contributed by atoms with Gasteiger partial charge in [-0.3, -0.25) is 19.7 Å². The van der Waals surface area contributed by atoms with E-state index < -0.39 is 22.7 Å². The Bertz CT molecular complexity index is 1440. The van der Waals surface area contributed by atoms with E-state index in [1.165, 1.54) is 12.1 Å². The van der Waals surface area contributed by atoms with Crippen molar-refractivity contribution in [3.63, 3.8) is 0 Å². The molecule has 3 aromatic carbocycles. The maximum Gasteiger partial charge on any atom is 0.288 e. The van der Waals surface area contributed by atoms with Crippen LogP contribution >= 0.6 is 11.6 Å². The van der Waals surface area contributed by atoms with Gasteiger partial charge in [-0.15, -0.1) is 0 Å². The number of halogens is 1. The average Bonchev–Trinajstić information content (AvgIpc) is 3.15. The zero-order valence-corrected chi connectivity index (χ0v) is 17.7. The van der Waals surface area contributed by atoms with Crippen LogP contribution in [0.5, 0.6) is 5.75 Å². The number of imide groups is 1. The van der Waals surface area contributed by atoms with Crippen molar-refractivity contribution in [3.05, 3.63) is 92.3 Å². The fraction of sp³-hybridized carbons (Fsp3) is 0.125. The van der Waals surface area contributed by atoms with Crippen LogP contribution in [0.1, 0.15) is 29.9 Å². The molecule has 0 spiro atoms. The molecule has 1 unspecified atom stereocenters. The number of amides is 2. The van der Waals surface area contributed by atoms with E-state index in [0.717, 1.165) is 15.7 Å². The number of carbonyl (C=O) groups is 2. The highest BCUT2D eigenvalue weighted by atomic mass is 35.5. The molecular weight excluding hydrogens is 446 g/mol. The number of nitro groups is 1. The molecule has 1 saturated heterocycles. The highest BCUT2D eigenvalue weighted by molar-refractivity contribution is 6.32. The average molecular weight is 460 g/mol. The molecule has 0 bridgehead atoms. The van der Waals surface area contributed by atoms with Gasteiger partial charge < -0.3 is 4.74 Å². The van der Waals surface area contributed by atoms with Gasteiger partial charge in [-0.05, 0) is 17.0 Å². The molecule has 0 saturated carbocycles. The molecule has 1 atom stereocenters. The Morgan fingerprint density at radius 1 is 1.09 bits per heavy atom. The molecule has 0 N–H and O–H groups in total. The third-order valence-corrected chi connectivity index (χ3v) is 6.13. The Kier molecular flexibility index (Phi) is 4.84. The molecular formula is C24H14ClN3O5. The number of nitriles is 1. The van der Waals surface area contributed by atoms with Gasteiger partial charge in [0.1, 0.15) is 22.4 Å². The number of nitrogens with zero attached hydrogens (tertiary/aromatic N) is 3. The van der Waals surface area contributed by atoms with Crippen molar-refractivity contribution in [1.29, 1.82) is 5.26 Å². The normalized spacial score (nSPS) is 17.7. The monoisotopic (exact) mass is 459 g/mol. The topological polar surface area (TPSA) is 114 Å². The van der Waals surface area contributed by atoms with Crippen molar-refractivity contribution < 1.29 is 19.2 Å². The number of allylic oxidation sites excluding steroid dienone is 1. The minimum absolute atomic E-state index is 0.0120. The molecule has 162 valence electrons. The number of ether oxygens (including phenoxy) is 1. The summed E-state index contributed by atoms with van der Waals surface area (Å²) in [6.45, 7) is 0. The summed E-state index contributed by atoms with van der Waals surface area (Å²) in [5.41, 5.74) is 0.706. The van der Waals surface area contributed by atoms with Crippen LogP contribution in [0.2, 0.25) is 5.02 Å². The van der Waals surface area contributed by atoms with E-state index in [9.17, 15) is 25.0 Å². The van der Waals surface area contributed by atoms with Crippen molar-refractivity contribution in [2.75, 3.05) is 0 Å². The Hall–Kier alpha value is -4.22. The zero-order valence-electron chi connectivity index (χ0n) is 16.9. The van der Waals surface area contributed by atoms with E-state index in [0.29, 0.717) is 16.9 Å². The lowest BCUT2D eigenvalue weighted by atomic mass is 9.82. The van der Waals surface area contributed by atoms with Gasteiger partial charge >= 0.3 is 0 Å². The second-order valence-corrected chi connectivity index (χ2v) is 8.07. The first-order valence-corrected chi connectivity index (χ1v) is 10.4. The quantitative estimate of drug-likeness (QED) is 0.315.